The van der Waals surface area contributed by atoms with Crippen molar-refractivity contribution in [2.45, 2.75) is 11.7 Å². The molecule has 22 heavy (non-hydrogen) atoms. The lowest BCUT2D eigenvalue weighted by atomic mass is 10.1. The largest absolute Gasteiger partial charge is 0.504 e. The number of thioether (sulfide) groups is 1. The number of hydrogen-bond donors (Lipinski definition) is 5. The molecule has 114 valence electrons. The van der Waals surface area contributed by atoms with Gasteiger partial charge >= 0.3 is 0 Å². The molecule has 0 spiro atoms. The lowest BCUT2D eigenvalue weighted by Crippen LogP contribution is -1.88. The summed E-state index contributed by atoms with van der Waals surface area (Å²) < 4.78 is 0. The summed E-state index contributed by atoms with van der Waals surface area (Å²) in [5.74, 6) is -1.60. The minimum Gasteiger partial charge on any atom is -0.504 e. The Bertz CT molecular complexity index is 746. The zero-order valence-corrected chi connectivity index (χ0v) is 12.2. The van der Waals surface area contributed by atoms with Crippen LogP contribution in [0.3, 0.4) is 0 Å². The van der Waals surface area contributed by atoms with E-state index in [-0.39, 0.29) is 28.2 Å². The molecule has 1 aliphatic rings. The summed E-state index contributed by atoms with van der Waals surface area (Å²) in [7, 11) is 0. The number of rotatable bonds is 2. The van der Waals surface area contributed by atoms with E-state index in [1.54, 1.807) is 6.07 Å². The minimum absolute atomic E-state index is 0.0691. The van der Waals surface area contributed by atoms with Crippen LogP contribution in [0.5, 0.6) is 28.7 Å². The molecule has 0 aliphatic carbocycles. The molecule has 0 radical (unpaired) electrons. The third kappa shape index (κ3) is 2.53. The quantitative estimate of drug-likeness (QED) is 0.544. The van der Waals surface area contributed by atoms with Gasteiger partial charge in [0.05, 0.1) is 0 Å². The van der Waals surface area contributed by atoms with Crippen LogP contribution in [0.25, 0.3) is 4.91 Å². The van der Waals surface area contributed by atoms with E-state index in [2.05, 4.69) is 0 Å². The summed E-state index contributed by atoms with van der Waals surface area (Å²) >= 11 is 1.52. The number of phenolic OH excluding ortho intramolecular Hbond substituents is 5. The van der Waals surface area contributed by atoms with Gasteiger partial charge in [-0.3, -0.25) is 0 Å². The summed E-state index contributed by atoms with van der Waals surface area (Å²) in [6, 6.07) is 7.50. The SMILES string of the molecule is Oc1ccc(C2CC=C(c3cc(O)c(O)c(O)c3)S2)cc1O. The van der Waals surface area contributed by atoms with Crippen LogP contribution in [0.4, 0.5) is 0 Å². The van der Waals surface area contributed by atoms with E-state index >= 15 is 0 Å². The molecular formula is C16H14O5S. The van der Waals surface area contributed by atoms with Crippen LogP contribution in [-0.4, -0.2) is 25.5 Å². The molecule has 6 heteroatoms. The maximum absolute atomic E-state index is 9.58. The second kappa shape index (κ2) is 5.38. The van der Waals surface area contributed by atoms with E-state index in [1.165, 1.54) is 36.0 Å². The van der Waals surface area contributed by atoms with Crippen molar-refractivity contribution in [3.8, 4) is 28.7 Å². The van der Waals surface area contributed by atoms with Gasteiger partial charge in [-0.15, -0.1) is 11.8 Å². The Kier molecular flexibility index (Phi) is 3.54. The molecule has 0 fully saturated rings. The highest BCUT2D eigenvalue weighted by Crippen LogP contribution is 2.50. The van der Waals surface area contributed by atoms with Gasteiger partial charge in [0.25, 0.3) is 0 Å². The number of hydrogen-bond acceptors (Lipinski definition) is 6. The van der Waals surface area contributed by atoms with Gasteiger partial charge < -0.3 is 25.5 Å². The molecule has 5 nitrogen and oxygen atoms in total. The Morgan fingerprint density at radius 3 is 2.14 bits per heavy atom. The first-order valence-corrected chi connectivity index (χ1v) is 7.47. The summed E-state index contributed by atoms with van der Waals surface area (Å²) in [5, 5.41) is 47.6. The van der Waals surface area contributed by atoms with E-state index in [4.69, 9.17) is 0 Å². The number of aromatic hydroxyl groups is 5. The lowest BCUT2D eigenvalue weighted by molar-refractivity contribution is 0.368. The average molecular weight is 318 g/mol. The minimum atomic E-state index is -0.535. The van der Waals surface area contributed by atoms with Gasteiger partial charge in [-0.2, -0.15) is 0 Å². The summed E-state index contributed by atoms with van der Waals surface area (Å²) in [5.41, 5.74) is 1.49. The highest BCUT2D eigenvalue weighted by molar-refractivity contribution is 8.08. The van der Waals surface area contributed by atoms with Crippen LogP contribution in [-0.2, 0) is 0 Å². The average Bonchev–Trinajstić information content (AvgIpc) is 2.97. The van der Waals surface area contributed by atoms with Crippen molar-refractivity contribution < 1.29 is 25.5 Å². The Morgan fingerprint density at radius 1 is 0.818 bits per heavy atom. The Hall–Kier alpha value is -2.47. The first-order chi connectivity index (χ1) is 10.5. The van der Waals surface area contributed by atoms with E-state index in [9.17, 15) is 25.5 Å². The van der Waals surface area contributed by atoms with Crippen molar-refractivity contribution >= 4 is 16.7 Å². The zero-order valence-electron chi connectivity index (χ0n) is 11.4. The molecule has 0 amide bonds. The summed E-state index contributed by atoms with van der Waals surface area (Å²) in [4.78, 5) is 0.864. The highest BCUT2D eigenvalue weighted by atomic mass is 32.2. The van der Waals surface area contributed by atoms with Crippen molar-refractivity contribution in [1.82, 2.24) is 0 Å². The fourth-order valence-electron chi connectivity index (χ4n) is 2.34. The molecular weight excluding hydrogens is 304 g/mol. The first-order valence-electron chi connectivity index (χ1n) is 6.59. The summed E-state index contributed by atoms with van der Waals surface area (Å²) in [6.07, 6.45) is 2.68. The van der Waals surface area contributed by atoms with Gasteiger partial charge in [0, 0.05) is 10.2 Å². The van der Waals surface area contributed by atoms with Crippen LogP contribution >= 0.6 is 11.8 Å². The number of phenols is 5. The normalized spacial score (nSPS) is 17.5. The van der Waals surface area contributed by atoms with Gasteiger partial charge in [0.15, 0.2) is 28.7 Å². The van der Waals surface area contributed by atoms with Gasteiger partial charge in [-0.25, -0.2) is 0 Å². The molecule has 1 aliphatic heterocycles. The number of benzene rings is 2. The second-order valence-electron chi connectivity index (χ2n) is 5.02. The predicted octanol–water partition coefficient (Wildman–Crippen LogP) is 3.43. The van der Waals surface area contributed by atoms with Gasteiger partial charge in [0.1, 0.15) is 0 Å². The van der Waals surface area contributed by atoms with Crippen LogP contribution in [0.2, 0.25) is 0 Å². The van der Waals surface area contributed by atoms with Crippen molar-refractivity contribution in [3.05, 3.63) is 47.5 Å². The number of allylic oxidation sites excluding steroid dienone is 1. The maximum Gasteiger partial charge on any atom is 0.200 e. The maximum atomic E-state index is 9.58. The topological polar surface area (TPSA) is 101 Å². The van der Waals surface area contributed by atoms with Crippen LogP contribution in [0.1, 0.15) is 22.8 Å². The van der Waals surface area contributed by atoms with Crippen LogP contribution in [0.15, 0.2) is 36.4 Å². The lowest BCUT2D eigenvalue weighted by Gasteiger charge is -2.12. The van der Waals surface area contributed by atoms with Crippen molar-refractivity contribution in [2.75, 3.05) is 0 Å². The third-order valence-corrected chi connectivity index (χ3v) is 4.92. The molecule has 1 atom stereocenters. The van der Waals surface area contributed by atoms with Gasteiger partial charge in [0.2, 0.25) is 0 Å². The van der Waals surface area contributed by atoms with E-state index in [0.717, 1.165) is 10.5 Å². The Morgan fingerprint density at radius 2 is 1.50 bits per heavy atom. The van der Waals surface area contributed by atoms with Crippen molar-refractivity contribution in [2.24, 2.45) is 0 Å². The molecule has 5 N–H and O–H groups in total. The molecule has 0 bridgehead atoms. The first kappa shape index (κ1) is 14.5. The molecule has 1 heterocycles. The van der Waals surface area contributed by atoms with Crippen LogP contribution in [0, 0.1) is 0 Å². The second-order valence-corrected chi connectivity index (χ2v) is 6.27. The predicted molar refractivity (Wildman–Crippen MR) is 84.1 cm³/mol. The van der Waals surface area contributed by atoms with Gasteiger partial charge in [-0.1, -0.05) is 12.1 Å². The smallest absolute Gasteiger partial charge is 0.200 e. The Balaban J connectivity index is 1.84. The highest BCUT2D eigenvalue weighted by Gasteiger charge is 2.23. The van der Waals surface area contributed by atoms with Gasteiger partial charge in [-0.05, 0) is 41.8 Å². The molecule has 0 aromatic heterocycles. The molecule has 2 aromatic rings. The van der Waals surface area contributed by atoms with Crippen molar-refractivity contribution in [1.29, 1.82) is 0 Å². The molecule has 3 rings (SSSR count). The molecule has 1 unspecified atom stereocenters. The van der Waals surface area contributed by atoms with Crippen molar-refractivity contribution in [3.63, 3.8) is 0 Å². The standard InChI is InChI=1S/C16H14O5S/c17-10-2-1-8(5-11(10)18)14-3-4-15(22-14)9-6-12(19)16(21)13(20)7-9/h1-2,4-7,14,17-21H,3H2. The van der Waals surface area contributed by atoms with E-state index in [1.807, 2.05) is 6.08 Å². The monoisotopic (exact) mass is 318 g/mol. The Labute approximate surface area is 130 Å². The molecule has 0 saturated carbocycles. The van der Waals surface area contributed by atoms with E-state index in [0.29, 0.717) is 12.0 Å². The van der Waals surface area contributed by atoms with Crippen LogP contribution < -0.4 is 0 Å². The molecule has 2 aromatic carbocycles. The zero-order chi connectivity index (χ0) is 15.9. The molecule has 0 saturated heterocycles. The third-order valence-electron chi connectivity index (χ3n) is 3.51. The fraction of sp³-hybridized carbons (Fsp3) is 0.125. The fourth-order valence-corrected chi connectivity index (χ4v) is 3.57. The van der Waals surface area contributed by atoms with E-state index < -0.39 is 5.75 Å². The summed E-state index contributed by atoms with van der Waals surface area (Å²) in [6.45, 7) is 0.